The van der Waals surface area contributed by atoms with E-state index >= 15 is 0 Å². The normalized spacial score (nSPS) is 10.1. The van der Waals surface area contributed by atoms with Gasteiger partial charge in [-0.25, -0.2) is 0 Å². The van der Waals surface area contributed by atoms with Crippen LogP contribution in [0.3, 0.4) is 0 Å². The molecule has 0 aliphatic heterocycles. The third-order valence-corrected chi connectivity index (χ3v) is 3.56. The molecule has 1 N–H and O–H groups in total. The third-order valence-electron chi connectivity index (χ3n) is 3.26. The van der Waals surface area contributed by atoms with Gasteiger partial charge >= 0.3 is 0 Å². The van der Waals surface area contributed by atoms with Gasteiger partial charge in [0, 0.05) is 6.07 Å². The van der Waals surface area contributed by atoms with Crippen molar-refractivity contribution in [2.45, 2.75) is 6.42 Å². The average molecular weight is 336 g/mol. The summed E-state index contributed by atoms with van der Waals surface area (Å²) in [6.07, 6.45) is 0.185. The molecule has 1 amide bonds. The van der Waals surface area contributed by atoms with Crippen molar-refractivity contribution in [2.75, 3.05) is 26.6 Å². The van der Waals surface area contributed by atoms with Crippen molar-refractivity contribution < 1.29 is 19.0 Å². The van der Waals surface area contributed by atoms with Crippen LogP contribution in [0.5, 0.6) is 17.2 Å². The van der Waals surface area contributed by atoms with Gasteiger partial charge in [0.05, 0.1) is 38.5 Å². The van der Waals surface area contributed by atoms with Gasteiger partial charge in [0.15, 0.2) is 0 Å². The Kier molecular flexibility index (Phi) is 5.71. The largest absolute Gasteiger partial charge is 0.497 e. The fraction of sp³-hybridized carbons (Fsp3) is 0.235. The molecule has 0 saturated carbocycles. The van der Waals surface area contributed by atoms with Crippen molar-refractivity contribution in [2.24, 2.45) is 0 Å². The second-order valence-electron chi connectivity index (χ2n) is 4.76. The van der Waals surface area contributed by atoms with Crippen LogP contribution in [0.2, 0.25) is 5.02 Å². The molecule has 0 atom stereocenters. The fourth-order valence-electron chi connectivity index (χ4n) is 2.11. The van der Waals surface area contributed by atoms with Crippen molar-refractivity contribution in [3.63, 3.8) is 0 Å². The van der Waals surface area contributed by atoms with Crippen molar-refractivity contribution >= 4 is 23.2 Å². The van der Waals surface area contributed by atoms with Crippen LogP contribution in [0, 0.1) is 0 Å². The van der Waals surface area contributed by atoms with Crippen molar-refractivity contribution in [3.8, 4) is 17.2 Å². The SMILES string of the molecule is COc1ccc(OC)c(NC(=O)Cc2ccc(OC)c(Cl)c2)c1. The molecule has 0 aromatic heterocycles. The zero-order valence-electron chi connectivity index (χ0n) is 13.2. The van der Waals surface area contributed by atoms with Gasteiger partial charge in [0.25, 0.3) is 0 Å². The molecule has 0 radical (unpaired) electrons. The Morgan fingerprint density at radius 2 is 1.70 bits per heavy atom. The van der Waals surface area contributed by atoms with Crippen molar-refractivity contribution in [1.29, 1.82) is 0 Å². The molecule has 5 nitrogen and oxygen atoms in total. The predicted octanol–water partition coefficient (Wildman–Crippen LogP) is 3.55. The number of hydrogen-bond acceptors (Lipinski definition) is 4. The Hall–Kier alpha value is -2.40. The number of benzene rings is 2. The topological polar surface area (TPSA) is 56.8 Å². The van der Waals surface area contributed by atoms with Gasteiger partial charge in [0.2, 0.25) is 5.91 Å². The number of rotatable bonds is 6. The Balaban J connectivity index is 2.11. The quantitative estimate of drug-likeness (QED) is 0.877. The van der Waals surface area contributed by atoms with E-state index in [4.69, 9.17) is 25.8 Å². The lowest BCUT2D eigenvalue weighted by molar-refractivity contribution is -0.115. The minimum absolute atomic E-state index is 0.183. The van der Waals surface area contributed by atoms with E-state index in [-0.39, 0.29) is 12.3 Å². The van der Waals surface area contributed by atoms with Crippen LogP contribution in [-0.4, -0.2) is 27.2 Å². The Morgan fingerprint density at radius 3 is 2.30 bits per heavy atom. The molecule has 23 heavy (non-hydrogen) atoms. The Bertz CT molecular complexity index is 703. The van der Waals surface area contributed by atoms with Crippen LogP contribution in [-0.2, 0) is 11.2 Å². The number of nitrogens with one attached hydrogen (secondary N) is 1. The van der Waals surface area contributed by atoms with E-state index in [1.165, 1.54) is 0 Å². The first-order valence-corrected chi connectivity index (χ1v) is 7.29. The zero-order valence-corrected chi connectivity index (χ0v) is 13.9. The summed E-state index contributed by atoms with van der Waals surface area (Å²) in [5, 5.41) is 3.28. The molecule has 0 aliphatic carbocycles. The maximum absolute atomic E-state index is 12.2. The predicted molar refractivity (Wildman–Crippen MR) is 89.9 cm³/mol. The number of methoxy groups -OCH3 is 3. The highest BCUT2D eigenvalue weighted by atomic mass is 35.5. The minimum atomic E-state index is -0.183. The molecule has 0 saturated heterocycles. The van der Waals surface area contributed by atoms with Crippen LogP contribution < -0.4 is 19.5 Å². The van der Waals surface area contributed by atoms with Crippen molar-refractivity contribution in [1.82, 2.24) is 0 Å². The monoisotopic (exact) mass is 335 g/mol. The summed E-state index contributed by atoms with van der Waals surface area (Å²) in [6, 6.07) is 10.4. The summed E-state index contributed by atoms with van der Waals surface area (Å²) < 4.78 is 15.5. The Morgan fingerprint density at radius 1 is 1.00 bits per heavy atom. The molecule has 0 aliphatic rings. The number of carbonyl (C=O) groups is 1. The molecular formula is C17H18ClNO4. The molecule has 2 aromatic rings. The molecule has 0 spiro atoms. The minimum Gasteiger partial charge on any atom is -0.497 e. The highest BCUT2D eigenvalue weighted by Gasteiger charge is 2.11. The number of halogens is 1. The van der Waals surface area contributed by atoms with E-state index in [0.717, 1.165) is 5.56 Å². The molecular weight excluding hydrogens is 318 g/mol. The van der Waals surface area contributed by atoms with Crippen LogP contribution in [0.25, 0.3) is 0 Å². The summed E-state index contributed by atoms with van der Waals surface area (Å²) in [5.41, 5.74) is 1.34. The van der Waals surface area contributed by atoms with Crippen LogP contribution in [0.15, 0.2) is 36.4 Å². The standard InChI is InChI=1S/C17H18ClNO4/c1-21-12-5-7-16(23-3)14(10-12)19-17(20)9-11-4-6-15(22-2)13(18)8-11/h4-8,10H,9H2,1-3H3,(H,19,20). The van der Waals surface area contributed by atoms with E-state index in [2.05, 4.69) is 5.32 Å². The lowest BCUT2D eigenvalue weighted by Gasteiger charge is -2.12. The number of amides is 1. The van der Waals surface area contributed by atoms with Gasteiger partial charge < -0.3 is 19.5 Å². The molecule has 0 bridgehead atoms. The van der Waals surface area contributed by atoms with Crippen LogP contribution in [0.4, 0.5) is 5.69 Å². The summed E-state index contributed by atoms with van der Waals surface area (Å²) in [5.74, 6) is 1.59. The van der Waals surface area contributed by atoms with Gasteiger partial charge in [-0.05, 0) is 29.8 Å². The highest BCUT2D eigenvalue weighted by molar-refractivity contribution is 6.32. The number of hydrogen-bond donors (Lipinski definition) is 1. The molecule has 2 aromatic carbocycles. The average Bonchev–Trinajstić information content (AvgIpc) is 2.54. The number of anilines is 1. The first-order chi connectivity index (χ1) is 11.1. The Labute approximate surface area is 140 Å². The van der Waals surface area contributed by atoms with E-state index < -0.39 is 0 Å². The van der Waals surface area contributed by atoms with E-state index in [1.807, 2.05) is 0 Å². The number of carbonyl (C=O) groups excluding carboxylic acids is 1. The van der Waals surface area contributed by atoms with E-state index in [9.17, 15) is 4.79 Å². The first kappa shape index (κ1) is 17.0. The molecule has 0 heterocycles. The summed E-state index contributed by atoms with van der Waals surface area (Å²) in [4.78, 5) is 12.2. The summed E-state index contributed by atoms with van der Waals surface area (Å²) >= 11 is 6.07. The second-order valence-corrected chi connectivity index (χ2v) is 5.17. The second kappa shape index (κ2) is 7.74. The third kappa shape index (κ3) is 4.29. The molecule has 0 unspecified atom stereocenters. The summed E-state index contributed by atoms with van der Waals surface area (Å²) in [6.45, 7) is 0. The zero-order chi connectivity index (χ0) is 16.8. The fourth-order valence-corrected chi connectivity index (χ4v) is 2.39. The van der Waals surface area contributed by atoms with Crippen molar-refractivity contribution in [3.05, 3.63) is 47.0 Å². The van der Waals surface area contributed by atoms with Gasteiger partial charge in [-0.1, -0.05) is 17.7 Å². The lowest BCUT2D eigenvalue weighted by atomic mass is 10.1. The number of ether oxygens (including phenoxy) is 3. The highest BCUT2D eigenvalue weighted by Crippen LogP contribution is 2.29. The molecule has 122 valence electrons. The molecule has 0 fully saturated rings. The van der Waals surface area contributed by atoms with Gasteiger partial charge in [0.1, 0.15) is 17.2 Å². The summed E-state index contributed by atoms with van der Waals surface area (Å²) in [7, 11) is 4.65. The lowest BCUT2D eigenvalue weighted by Crippen LogP contribution is -2.15. The van der Waals surface area contributed by atoms with Crippen LogP contribution >= 0.6 is 11.6 Å². The maximum Gasteiger partial charge on any atom is 0.228 e. The molecule has 6 heteroatoms. The van der Waals surface area contributed by atoms with Gasteiger partial charge in [-0.2, -0.15) is 0 Å². The molecule has 2 rings (SSSR count). The maximum atomic E-state index is 12.2. The first-order valence-electron chi connectivity index (χ1n) is 6.91. The van der Waals surface area contributed by atoms with E-state index in [0.29, 0.717) is 28.0 Å². The van der Waals surface area contributed by atoms with Crippen LogP contribution in [0.1, 0.15) is 5.56 Å². The smallest absolute Gasteiger partial charge is 0.228 e. The van der Waals surface area contributed by atoms with Gasteiger partial charge in [-0.3, -0.25) is 4.79 Å². The van der Waals surface area contributed by atoms with E-state index in [1.54, 1.807) is 57.7 Å². The van der Waals surface area contributed by atoms with Gasteiger partial charge in [-0.15, -0.1) is 0 Å².